The fourth-order valence-corrected chi connectivity index (χ4v) is 4.98. The van der Waals surface area contributed by atoms with E-state index in [0.717, 1.165) is 36.6 Å². The van der Waals surface area contributed by atoms with Crippen molar-refractivity contribution in [2.75, 3.05) is 0 Å². The first-order chi connectivity index (χ1) is 12.0. The van der Waals surface area contributed by atoms with E-state index >= 15 is 0 Å². The molecule has 1 unspecified atom stereocenters. The van der Waals surface area contributed by atoms with E-state index in [4.69, 9.17) is 0 Å². The lowest BCUT2D eigenvalue weighted by Crippen LogP contribution is -2.34. The van der Waals surface area contributed by atoms with E-state index in [9.17, 15) is 9.18 Å². The Bertz CT molecular complexity index is 790. The van der Waals surface area contributed by atoms with Gasteiger partial charge in [0.05, 0.1) is 5.52 Å². The van der Waals surface area contributed by atoms with Crippen LogP contribution in [-0.2, 0) is 4.79 Å². The molecule has 4 heteroatoms. The summed E-state index contributed by atoms with van der Waals surface area (Å²) in [7, 11) is 0. The van der Waals surface area contributed by atoms with E-state index in [1.807, 2.05) is 20.0 Å². The lowest BCUT2D eigenvalue weighted by atomic mass is 9.90. The van der Waals surface area contributed by atoms with Crippen LogP contribution in [0.4, 0.5) is 4.39 Å². The van der Waals surface area contributed by atoms with Crippen LogP contribution in [0.3, 0.4) is 0 Å². The number of hydrogen-bond donors (Lipinski definition) is 1. The average Bonchev–Trinajstić information content (AvgIpc) is 3.12. The number of aromatic nitrogens is 1. The second-order valence-electron chi connectivity index (χ2n) is 8.08. The third kappa shape index (κ3) is 3.14. The second-order valence-corrected chi connectivity index (χ2v) is 8.08. The molecule has 25 heavy (non-hydrogen) atoms. The molecule has 4 atom stereocenters. The van der Waals surface area contributed by atoms with Crippen LogP contribution < -0.4 is 5.32 Å². The number of nitrogens with one attached hydrogen (secondary N) is 1. The largest absolute Gasteiger partial charge is 0.354 e. The van der Waals surface area contributed by atoms with E-state index in [1.165, 1.54) is 11.6 Å². The van der Waals surface area contributed by atoms with Gasteiger partial charge < -0.3 is 5.32 Å². The van der Waals surface area contributed by atoms with Gasteiger partial charge in [0, 0.05) is 23.5 Å². The molecule has 3 nitrogen and oxygen atoms in total. The smallest absolute Gasteiger partial charge is 0.223 e. The molecule has 132 valence electrons. The van der Waals surface area contributed by atoms with Gasteiger partial charge >= 0.3 is 0 Å². The van der Waals surface area contributed by atoms with E-state index < -0.39 is 0 Å². The Morgan fingerprint density at radius 2 is 1.88 bits per heavy atom. The number of hydrogen-bond acceptors (Lipinski definition) is 2. The summed E-state index contributed by atoms with van der Waals surface area (Å²) >= 11 is 0. The molecular formula is C21H25FN2O. The predicted molar refractivity (Wildman–Crippen MR) is 96.7 cm³/mol. The highest BCUT2D eigenvalue weighted by atomic mass is 19.1. The summed E-state index contributed by atoms with van der Waals surface area (Å²) in [4.78, 5) is 16.7. The standard InChI is InChI=1S/C21H25FN2O/c1-12(2)24-21(25)16-9-13-7-15(8-14(13)10-16)18-5-6-23-20-4-3-17(22)11-19(18)20/h3-6,11-16H,7-10H2,1-2H3,(H,24,25)/t13-,14+,15-,16?. The molecule has 0 aliphatic heterocycles. The van der Waals surface area contributed by atoms with E-state index in [-0.39, 0.29) is 23.7 Å². The number of fused-ring (bicyclic) bond motifs is 2. The summed E-state index contributed by atoms with van der Waals surface area (Å²) in [5, 5.41) is 4.00. The minimum Gasteiger partial charge on any atom is -0.354 e. The highest BCUT2D eigenvalue weighted by molar-refractivity contribution is 5.82. The van der Waals surface area contributed by atoms with Gasteiger partial charge in [0.1, 0.15) is 5.82 Å². The van der Waals surface area contributed by atoms with Crippen molar-refractivity contribution in [3.8, 4) is 0 Å². The van der Waals surface area contributed by atoms with Crippen molar-refractivity contribution in [1.29, 1.82) is 0 Å². The van der Waals surface area contributed by atoms with Crippen LogP contribution in [0.5, 0.6) is 0 Å². The van der Waals surface area contributed by atoms with Gasteiger partial charge in [0.15, 0.2) is 0 Å². The number of rotatable bonds is 3. The Balaban J connectivity index is 1.51. The molecule has 2 fully saturated rings. The van der Waals surface area contributed by atoms with Crippen molar-refractivity contribution in [2.45, 2.75) is 51.5 Å². The lowest BCUT2D eigenvalue weighted by Gasteiger charge is -2.17. The molecule has 1 aromatic carbocycles. The van der Waals surface area contributed by atoms with Gasteiger partial charge in [-0.25, -0.2) is 4.39 Å². The molecule has 1 amide bonds. The van der Waals surface area contributed by atoms with E-state index in [2.05, 4.69) is 16.4 Å². The van der Waals surface area contributed by atoms with Crippen molar-refractivity contribution in [2.24, 2.45) is 17.8 Å². The van der Waals surface area contributed by atoms with Crippen LogP contribution in [0.25, 0.3) is 10.9 Å². The van der Waals surface area contributed by atoms with E-state index in [1.54, 1.807) is 12.1 Å². The zero-order chi connectivity index (χ0) is 17.6. The topological polar surface area (TPSA) is 42.0 Å². The second kappa shape index (κ2) is 6.40. The molecule has 1 aromatic heterocycles. The Morgan fingerprint density at radius 1 is 1.16 bits per heavy atom. The normalized spacial score (nSPS) is 28.5. The van der Waals surface area contributed by atoms with Gasteiger partial charge in [-0.3, -0.25) is 9.78 Å². The van der Waals surface area contributed by atoms with Gasteiger partial charge in [0.2, 0.25) is 5.91 Å². The molecule has 1 N–H and O–H groups in total. The Hall–Kier alpha value is -1.97. The summed E-state index contributed by atoms with van der Waals surface area (Å²) in [5.41, 5.74) is 2.09. The fraction of sp³-hybridized carbons (Fsp3) is 0.524. The lowest BCUT2D eigenvalue weighted by molar-refractivity contribution is -0.125. The number of nitrogens with zero attached hydrogens (tertiary/aromatic N) is 1. The highest BCUT2D eigenvalue weighted by Gasteiger charge is 2.44. The fourth-order valence-electron chi connectivity index (χ4n) is 4.98. The highest BCUT2D eigenvalue weighted by Crippen LogP contribution is 2.53. The van der Waals surface area contributed by atoms with Crippen molar-refractivity contribution in [3.63, 3.8) is 0 Å². The zero-order valence-corrected chi connectivity index (χ0v) is 14.8. The molecule has 2 saturated carbocycles. The zero-order valence-electron chi connectivity index (χ0n) is 14.8. The molecule has 2 aliphatic carbocycles. The molecule has 0 bridgehead atoms. The average molecular weight is 340 g/mol. The number of carbonyl (C=O) groups is 1. The van der Waals surface area contributed by atoms with Crippen LogP contribution in [-0.4, -0.2) is 16.9 Å². The molecule has 0 radical (unpaired) electrons. The minimum atomic E-state index is -0.203. The first-order valence-electron chi connectivity index (χ1n) is 9.36. The van der Waals surface area contributed by atoms with Crippen LogP contribution >= 0.6 is 0 Å². The van der Waals surface area contributed by atoms with Crippen LogP contribution in [0, 0.1) is 23.6 Å². The maximum Gasteiger partial charge on any atom is 0.223 e. The van der Waals surface area contributed by atoms with Crippen LogP contribution in [0.1, 0.15) is 51.0 Å². The molecular weight excluding hydrogens is 315 g/mol. The van der Waals surface area contributed by atoms with Gasteiger partial charge in [-0.2, -0.15) is 0 Å². The Morgan fingerprint density at radius 3 is 2.56 bits per heavy atom. The molecule has 2 aromatic rings. The third-order valence-corrected chi connectivity index (χ3v) is 5.99. The minimum absolute atomic E-state index is 0.171. The van der Waals surface area contributed by atoms with Gasteiger partial charge in [0.25, 0.3) is 0 Å². The Labute approximate surface area is 148 Å². The maximum atomic E-state index is 13.7. The molecule has 0 spiro atoms. The maximum absolute atomic E-state index is 13.7. The Kier molecular flexibility index (Phi) is 4.22. The van der Waals surface area contributed by atoms with Crippen molar-refractivity contribution < 1.29 is 9.18 Å². The third-order valence-electron chi connectivity index (χ3n) is 5.99. The van der Waals surface area contributed by atoms with Crippen molar-refractivity contribution in [1.82, 2.24) is 10.3 Å². The summed E-state index contributed by atoms with van der Waals surface area (Å²) in [6.07, 6.45) is 6.04. The summed E-state index contributed by atoms with van der Waals surface area (Å²) in [6.45, 7) is 4.02. The molecule has 4 rings (SSSR count). The monoisotopic (exact) mass is 340 g/mol. The van der Waals surface area contributed by atoms with E-state index in [0.29, 0.717) is 17.8 Å². The molecule has 0 saturated heterocycles. The van der Waals surface area contributed by atoms with Crippen molar-refractivity contribution in [3.05, 3.63) is 41.8 Å². The van der Waals surface area contributed by atoms with Gasteiger partial charge in [-0.1, -0.05) is 0 Å². The molecule has 1 heterocycles. The number of benzene rings is 1. The first-order valence-corrected chi connectivity index (χ1v) is 9.36. The van der Waals surface area contributed by atoms with Crippen molar-refractivity contribution >= 4 is 16.8 Å². The number of pyridine rings is 1. The number of carbonyl (C=O) groups excluding carboxylic acids is 1. The van der Waals surface area contributed by atoms with Crippen LogP contribution in [0.2, 0.25) is 0 Å². The van der Waals surface area contributed by atoms with Crippen LogP contribution in [0.15, 0.2) is 30.5 Å². The SMILES string of the molecule is CC(C)NC(=O)C1C[C@@H]2C[C@H](c3ccnc4ccc(F)cc34)C[C@@H]2C1. The quantitative estimate of drug-likeness (QED) is 0.899. The number of amides is 1. The summed E-state index contributed by atoms with van der Waals surface area (Å²) in [5.74, 6) is 1.87. The first kappa shape index (κ1) is 16.5. The van der Waals surface area contributed by atoms with Gasteiger partial charge in [-0.15, -0.1) is 0 Å². The van der Waals surface area contributed by atoms with Gasteiger partial charge in [-0.05, 0) is 87.1 Å². The number of halogens is 1. The molecule has 2 aliphatic rings. The summed E-state index contributed by atoms with van der Waals surface area (Å²) in [6, 6.07) is 7.11. The predicted octanol–water partition coefficient (Wildman–Crippen LogP) is 4.42. The summed E-state index contributed by atoms with van der Waals surface area (Å²) < 4.78 is 13.7.